The Hall–Kier alpha value is -0.610. The largest absolute Gasteiger partial charge is 0.391 e. The fourth-order valence-electron chi connectivity index (χ4n) is 2.54. The monoisotopic (exact) mass is 240 g/mol. The molecule has 1 aliphatic carbocycles. The Bertz CT molecular complexity index is 266. The second-order valence-electron chi connectivity index (χ2n) is 5.46. The zero-order valence-corrected chi connectivity index (χ0v) is 10.6. The van der Waals surface area contributed by atoms with Crippen LogP contribution in [0.3, 0.4) is 0 Å². The fourth-order valence-corrected chi connectivity index (χ4v) is 2.54. The van der Waals surface area contributed by atoms with Gasteiger partial charge in [0.15, 0.2) is 0 Å². The summed E-state index contributed by atoms with van der Waals surface area (Å²) in [4.78, 5) is 11.9. The highest BCUT2D eigenvalue weighted by Crippen LogP contribution is 2.32. The van der Waals surface area contributed by atoms with Crippen LogP contribution in [0.5, 0.6) is 0 Å². The molecule has 1 heterocycles. The Kier molecular flexibility index (Phi) is 4.40. The van der Waals surface area contributed by atoms with Crippen molar-refractivity contribution in [3.8, 4) is 0 Å². The van der Waals surface area contributed by atoms with E-state index in [9.17, 15) is 9.90 Å². The minimum atomic E-state index is -0.343. The van der Waals surface area contributed by atoms with Crippen molar-refractivity contribution in [2.75, 3.05) is 13.1 Å². The highest BCUT2D eigenvalue weighted by atomic mass is 16.3. The SMILES string of the molecule is CCC1CCNC(C(=O)NCC(O)C2CC2)C1. The molecule has 17 heavy (non-hydrogen) atoms. The van der Waals surface area contributed by atoms with E-state index in [0.717, 1.165) is 32.2 Å². The molecule has 1 amide bonds. The van der Waals surface area contributed by atoms with Gasteiger partial charge in [-0.1, -0.05) is 13.3 Å². The van der Waals surface area contributed by atoms with Crippen LogP contribution in [0.4, 0.5) is 0 Å². The van der Waals surface area contributed by atoms with Gasteiger partial charge in [0.1, 0.15) is 0 Å². The molecule has 1 aliphatic heterocycles. The van der Waals surface area contributed by atoms with Crippen molar-refractivity contribution in [1.82, 2.24) is 10.6 Å². The predicted octanol–water partition coefficient (Wildman–Crippen LogP) is 0.652. The van der Waals surface area contributed by atoms with E-state index in [2.05, 4.69) is 17.6 Å². The lowest BCUT2D eigenvalue weighted by atomic mass is 9.90. The maximum Gasteiger partial charge on any atom is 0.237 e. The molecule has 0 aromatic heterocycles. The number of piperidine rings is 1. The van der Waals surface area contributed by atoms with Crippen LogP contribution in [0, 0.1) is 11.8 Å². The van der Waals surface area contributed by atoms with Crippen LogP contribution in [0.15, 0.2) is 0 Å². The zero-order chi connectivity index (χ0) is 12.3. The highest BCUT2D eigenvalue weighted by Gasteiger charge is 2.31. The summed E-state index contributed by atoms with van der Waals surface area (Å²) >= 11 is 0. The van der Waals surface area contributed by atoms with Crippen molar-refractivity contribution < 1.29 is 9.90 Å². The second-order valence-corrected chi connectivity index (χ2v) is 5.46. The van der Waals surface area contributed by atoms with Crippen molar-refractivity contribution >= 4 is 5.91 Å². The summed E-state index contributed by atoms with van der Waals surface area (Å²) in [5.41, 5.74) is 0. The van der Waals surface area contributed by atoms with E-state index in [1.807, 2.05) is 0 Å². The highest BCUT2D eigenvalue weighted by molar-refractivity contribution is 5.81. The minimum Gasteiger partial charge on any atom is -0.391 e. The molecule has 4 heteroatoms. The third kappa shape index (κ3) is 3.68. The first-order valence-corrected chi connectivity index (χ1v) is 6.89. The number of carbonyl (C=O) groups is 1. The van der Waals surface area contributed by atoms with Crippen molar-refractivity contribution in [1.29, 1.82) is 0 Å². The third-order valence-electron chi connectivity index (χ3n) is 4.06. The normalized spacial score (nSPS) is 30.9. The summed E-state index contributed by atoms with van der Waals surface area (Å²) in [6.07, 6.45) is 5.13. The van der Waals surface area contributed by atoms with Crippen LogP contribution in [0.1, 0.15) is 39.0 Å². The molecular weight excluding hydrogens is 216 g/mol. The van der Waals surface area contributed by atoms with Gasteiger partial charge in [0.25, 0.3) is 0 Å². The van der Waals surface area contributed by atoms with Gasteiger partial charge in [0, 0.05) is 6.54 Å². The number of aliphatic hydroxyl groups is 1. The van der Waals surface area contributed by atoms with Gasteiger partial charge in [0.2, 0.25) is 5.91 Å². The van der Waals surface area contributed by atoms with E-state index < -0.39 is 0 Å². The summed E-state index contributed by atoms with van der Waals surface area (Å²) in [6, 6.07) is -0.0555. The first-order chi connectivity index (χ1) is 8.20. The van der Waals surface area contributed by atoms with Crippen molar-refractivity contribution in [2.24, 2.45) is 11.8 Å². The molecule has 3 atom stereocenters. The molecule has 3 unspecified atom stereocenters. The molecule has 98 valence electrons. The predicted molar refractivity (Wildman–Crippen MR) is 66.5 cm³/mol. The van der Waals surface area contributed by atoms with Gasteiger partial charge in [-0.15, -0.1) is 0 Å². The number of amides is 1. The molecule has 0 radical (unpaired) electrons. The van der Waals surface area contributed by atoms with Crippen LogP contribution < -0.4 is 10.6 Å². The third-order valence-corrected chi connectivity index (χ3v) is 4.06. The molecule has 1 saturated carbocycles. The van der Waals surface area contributed by atoms with Gasteiger partial charge >= 0.3 is 0 Å². The quantitative estimate of drug-likeness (QED) is 0.661. The summed E-state index contributed by atoms with van der Waals surface area (Å²) in [7, 11) is 0. The first kappa shape index (κ1) is 12.8. The summed E-state index contributed by atoms with van der Waals surface area (Å²) < 4.78 is 0. The number of rotatable bonds is 5. The van der Waals surface area contributed by atoms with Crippen molar-refractivity contribution in [2.45, 2.75) is 51.2 Å². The molecule has 0 aromatic carbocycles. The maximum absolute atomic E-state index is 11.9. The van der Waals surface area contributed by atoms with Crippen LogP contribution >= 0.6 is 0 Å². The average Bonchev–Trinajstić information content (AvgIpc) is 3.19. The maximum atomic E-state index is 11.9. The minimum absolute atomic E-state index is 0.0555. The fraction of sp³-hybridized carbons (Fsp3) is 0.923. The first-order valence-electron chi connectivity index (χ1n) is 6.89. The second kappa shape index (κ2) is 5.83. The lowest BCUT2D eigenvalue weighted by Crippen LogP contribution is -2.50. The van der Waals surface area contributed by atoms with Crippen LogP contribution in [-0.4, -0.2) is 36.2 Å². The molecule has 1 saturated heterocycles. The standard InChI is InChI=1S/C13H24N2O2/c1-2-9-5-6-14-11(7-9)13(17)15-8-12(16)10-3-4-10/h9-12,14,16H,2-8H2,1H3,(H,15,17). The van der Waals surface area contributed by atoms with Crippen molar-refractivity contribution in [3.05, 3.63) is 0 Å². The molecule has 3 N–H and O–H groups in total. The van der Waals surface area contributed by atoms with Gasteiger partial charge in [0.05, 0.1) is 12.1 Å². The van der Waals surface area contributed by atoms with Gasteiger partial charge in [-0.2, -0.15) is 0 Å². The molecule has 4 nitrogen and oxygen atoms in total. The lowest BCUT2D eigenvalue weighted by molar-refractivity contribution is -0.124. The van der Waals surface area contributed by atoms with Gasteiger partial charge in [-0.3, -0.25) is 4.79 Å². The number of aliphatic hydroxyl groups excluding tert-OH is 1. The summed E-state index contributed by atoms with van der Waals surface area (Å²) in [6.45, 7) is 3.53. The number of hydrogen-bond donors (Lipinski definition) is 3. The van der Waals surface area contributed by atoms with Crippen LogP contribution in [0.25, 0.3) is 0 Å². The van der Waals surface area contributed by atoms with E-state index >= 15 is 0 Å². The number of carbonyl (C=O) groups excluding carboxylic acids is 1. The van der Waals surface area contributed by atoms with Crippen LogP contribution in [0.2, 0.25) is 0 Å². The Morgan fingerprint density at radius 2 is 2.24 bits per heavy atom. The molecule has 2 fully saturated rings. The van der Waals surface area contributed by atoms with Gasteiger partial charge < -0.3 is 15.7 Å². The number of hydrogen-bond acceptors (Lipinski definition) is 3. The Balaban J connectivity index is 1.70. The zero-order valence-electron chi connectivity index (χ0n) is 10.6. The molecule has 0 spiro atoms. The Labute approximate surface area is 103 Å². The average molecular weight is 240 g/mol. The van der Waals surface area contributed by atoms with Crippen molar-refractivity contribution in [3.63, 3.8) is 0 Å². The molecule has 0 aromatic rings. The van der Waals surface area contributed by atoms with E-state index in [-0.39, 0.29) is 18.1 Å². The molecular formula is C13H24N2O2. The smallest absolute Gasteiger partial charge is 0.237 e. The topological polar surface area (TPSA) is 61.4 Å². The molecule has 0 bridgehead atoms. The summed E-state index contributed by atoms with van der Waals surface area (Å²) in [5.74, 6) is 1.15. The van der Waals surface area contributed by atoms with E-state index in [0.29, 0.717) is 18.4 Å². The Morgan fingerprint density at radius 3 is 2.88 bits per heavy atom. The van der Waals surface area contributed by atoms with E-state index in [1.54, 1.807) is 0 Å². The van der Waals surface area contributed by atoms with E-state index in [4.69, 9.17) is 0 Å². The lowest BCUT2D eigenvalue weighted by Gasteiger charge is -2.29. The Morgan fingerprint density at radius 1 is 1.47 bits per heavy atom. The van der Waals surface area contributed by atoms with Crippen LogP contribution in [-0.2, 0) is 4.79 Å². The number of nitrogens with one attached hydrogen (secondary N) is 2. The van der Waals surface area contributed by atoms with E-state index in [1.165, 1.54) is 6.42 Å². The molecule has 2 rings (SSSR count). The van der Waals surface area contributed by atoms with Gasteiger partial charge in [-0.05, 0) is 44.1 Å². The molecule has 2 aliphatic rings. The van der Waals surface area contributed by atoms with Gasteiger partial charge in [-0.25, -0.2) is 0 Å². The summed E-state index contributed by atoms with van der Waals surface area (Å²) in [5, 5.41) is 15.8.